The van der Waals surface area contributed by atoms with Crippen molar-refractivity contribution in [1.29, 1.82) is 0 Å². The van der Waals surface area contributed by atoms with E-state index in [-0.39, 0.29) is 5.91 Å². The molecule has 0 atom stereocenters. The number of carbonyl (C=O) groups excluding carboxylic acids is 1. The Kier molecular flexibility index (Phi) is 8.02. The van der Waals surface area contributed by atoms with Crippen LogP contribution in [0.1, 0.15) is 21.1 Å². The molecule has 0 radical (unpaired) electrons. The Bertz CT molecular complexity index is 1350. The number of anilines is 1. The third kappa shape index (κ3) is 5.92. The van der Waals surface area contributed by atoms with E-state index in [0.29, 0.717) is 36.0 Å². The molecule has 2 aromatic heterocycles. The minimum Gasteiger partial charge on any atom is -0.493 e. The van der Waals surface area contributed by atoms with E-state index in [9.17, 15) is 4.79 Å². The van der Waals surface area contributed by atoms with E-state index in [0.717, 1.165) is 33.7 Å². The lowest BCUT2D eigenvalue weighted by atomic mass is 10.1. The van der Waals surface area contributed by atoms with Crippen LogP contribution in [0.5, 0.6) is 11.5 Å². The summed E-state index contributed by atoms with van der Waals surface area (Å²) >= 11 is 1.70. The number of benzene rings is 2. The van der Waals surface area contributed by atoms with Gasteiger partial charge >= 0.3 is 0 Å². The summed E-state index contributed by atoms with van der Waals surface area (Å²) in [6, 6.07) is 15.7. The minimum atomic E-state index is -0.0545. The number of rotatable bonds is 10. The summed E-state index contributed by atoms with van der Waals surface area (Å²) in [4.78, 5) is 25.8. The number of hydrogen-bond donors (Lipinski definition) is 2. The van der Waals surface area contributed by atoms with Gasteiger partial charge in [0, 0.05) is 39.9 Å². The second kappa shape index (κ2) is 11.4. The normalized spacial score (nSPS) is 11.1. The summed E-state index contributed by atoms with van der Waals surface area (Å²) in [5.41, 5.74) is 2.53. The second-order valence-corrected chi connectivity index (χ2v) is 9.77. The molecule has 2 heterocycles. The second-order valence-electron chi connectivity index (χ2n) is 8.60. The molecule has 0 aliphatic heterocycles. The van der Waals surface area contributed by atoms with Gasteiger partial charge in [0.1, 0.15) is 11.6 Å². The van der Waals surface area contributed by atoms with Crippen molar-refractivity contribution in [1.82, 2.24) is 20.2 Å². The topological polar surface area (TPSA) is 88.6 Å². The van der Waals surface area contributed by atoms with Gasteiger partial charge in [-0.25, -0.2) is 9.97 Å². The summed E-state index contributed by atoms with van der Waals surface area (Å²) in [6.45, 7) is 3.92. The minimum absolute atomic E-state index is 0.0545. The standard InChI is InChI=1S/C27H31N5O3S/c1-17-30-22-15-24(35-5)23(34-4)14-21(22)26(31-17)29-16-20-10-11-25(36-20)18-6-8-19(9-7-18)27(33)28-12-13-32(2)3/h6-11,14-15H,12-13,16H2,1-5H3,(H,28,33)(H,29,30,31). The maximum Gasteiger partial charge on any atom is 0.251 e. The highest BCUT2D eigenvalue weighted by Gasteiger charge is 2.13. The van der Waals surface area contributed by atoms with Crippen LogP contribution in [0.2, 0.25) is 0 Å². The molecular weight excluding hydrogens is 474 g/mol. The molecule has 0 unspecified atom stereocenters. The highest BCUT2D eigenvalue weighted by Crippen LogP contribution is 2.34. The van der Waals surface area contributed by atoms with Crippen molar-refractivity contribution in [2.45, 2.75) is 13.5 Å². The molecule has 0 bridgehead atoms. The van der Waals surface area contributed by atoms with Gasteiger partial charge in [0.2, 0.25) is 0 Å². The highest BCUT2D eigenvalue weighted by atomic mass is 32.1. The van der Waals surface area contributed by atoms with Gasteiger partial charge in [-0.05, 0) is 56.9 Å². The molecular formula is C27H31N5O3S. The molecule has 0 saturated carbocycles. The first-order valence-corrected chi connectivity index (χ1v) is 12.5. The van der Waals surface area contributed by atoms with Crippen LogP contribution < -0.4 is 20.1 Å². The smallest absolute Gasteiger partial charge is 0.251 e. The fourth-order valence-electron chi connectivity index (χ4n) is 3.79. The number of aromatic nitrogens is 2. The molecule has 0 fully saturated rings. The van der Waals surface area contributed by atoms with Crippen LogP contribution >= 0.6 is 11.3 Å². The number of amides is 1. The van der Waals surface area contributed by atoms with Crippen LogP contribution in [0.15, 0.2) is 48.5 Å². The SMILES string of the molecule is COc1cc2nc(C)nc(NCc3ccc(-c4ccc(C(=O)NCCN(C)C)cc4)s3)c2cc1OC. The molecule has 2 aromatic carbocycles. The van der Waals surface area contributed by atoms with Gasteiger partial charge in [-0.15, -0.1) is 11.3 Å². The average molecular weight is 506 g/mol. The van der Waals surface area contributed by atoms with Gasteiger partial charge in [0.05, 0.1) is 26.3 Å². The maximum atomic E-state index is 12.3. The Balaban J connectivity index is 1.45. The zero-order valence-corrected chi connectivity index (χ0v) is 22.0. The summed E-state index contributed by atoms with van der Waals surface area (Å²) in [6.07, 6.45) is 0. The molecule has 0 aliphatic carbocycles. The molecule has 9 heteroatoms. The first-order valence-electron chi connectivity index (χ1n) is 11.6. The van der Waals surface area contributed by atoms with E-state index in [4.69, 9.17) is 9.47 Å². The Morgan fingerprint density at radius 3 is 2.42 bits per heavy atom. The predicted octanol–water partition coefficient (Wildman–Crippen LogP) is 4.59. The Hall–Kier alpha value is -3.69. The van der Waals surface area contributed by atoms with Gasteiger partial charge in [0.25, 0.3) is 5.91 Å². The lowest BCUT2D eigenvalue weighted by Gasteiger charge is -2.12. The van der Waals surface area contributed by atoms with Crippen LogP contribution in [-0.4, -0.2) is 62.2 Å². The monoisotopic (exact) mass is 505 g/mol. The number of ether oxygens (including phenoxy) is 2. The predicted molar refractivity (Wildman–Crippen MR) is 145 cm³/mol. The number of nitrogens with one attached hydrogen (secondary N) is 2. The Morgan fingerprint density at radius 2 is 1.72 bits per heavy atom. The first kappa shape index (κ1) is 25.4. The summed E-state index contributed by atoms with van der Waals surface area (Å²) in [7, 11) is 7.19. The maximum absolute atomic E-state index is 12.3. The quantitative estimate of drug-likeness (QED) is 0.326. The fourth-order valence-corrected chi connectivity index (χ4v) is 4.74. The van der Waals surface area contributed by atoms with Crippen LogP contribution in [-0.2, 0) is 6.54 Å². The van der Waals surface area contributed by atoms with Gasteiger partial charge in [-0.1, -0.05) is 12.1 Å². The fraction of sp³-hybridized carbons (Fsp3) is 0.296. The van der Waals surface area contributed by atoms with Gasteiger partial charge in [-0.3, -0.25) is 4.79 Å². The average Bonchev–Trinajstić information content (AvgIpc) is 3.35. The Labute approximate surface area is 215 Å². The lowest BCUT2D eigenvalue weighted by molar-refractivity contribution is 0.0951. The van der Waals surface area contributed by atoms with Crippen LogP contribution in [0.25, 0.3) is 21.3 Å². The number of likely N-dealkylation sites (N-methyl/N-ethyl adjacent to an activating group) is 1. The molecule has 1 amide bonds. The molecule has 4 aromatic rings. The molecule has 0 saturated heterocycles. The van der Waals surface area contributed by atoms with E-state index >= 15 is 0 Å². The third-order valence-electron chi connectivity index (χ3n) is 5.68. The molecule has 36 heavy (non-hydrogen) atoms. The Morgan fingerprint density at radius 1 is 1.00 bits per heavy atom. The van der Waals surface area contributed by atoms with Crippen molar-refractivity contribution in [3.63, 3.8) is 0 Å². The number of hydrogen-bond acceptors (Lipinski definition) is 8. The first-order chi connectivity index (χ1) is 17.4. The van der Waals surface area contributed by atoms with Crippen LogP contribution in [0.4, 0.5) is 5.82 Å². The molecule has 2 N–H and O–H groups in total. The van der Waals surface area contributed by atoms with E-state index in [1.165, 1.54) is 4.88 Å². The largest absolute Gasteiger partial charge is 0.493 e. The molecule has 0 aliphatic rings. The highest BCUT2D eigenvalue weighted by molar-refractivity contribution is 7.15. The van der Waals surface area contributed by atoms with Gasteiger partial charge < -0.3 is 25.0 Å². The lowest BCUT2D eigenvalue weighted by Crippen LogP contribution is -2.31. The number of aryl methyl sites for hydroxylation is 1. The van der Waals surface area contributed by atoms with Crippen molar-refractivity contribution >= 4 is 34.0 Å². The zero-order valence-electron chi connectivity index (χ0n) is 21.2. The number of carbonyl (C=O) groups is 1. The van der Waals surface area contributed by atoms with E-state index in [2.05, 4.69) is 32.7 Å². The van der Waals surface area contributed by atoms with Gasteiger partial charge in [0.15, 0.2) is 11.5 Å². The number of fused-ring (bicyclic) bond motifs is 1. The number of thiophene rings is 1. The van der Waals surface area contributed by atoms with Gasteiger partial charge in [-0.2, -0.15) is 0 Å². The molecule has 8 nitrogen and oxygen atoms in total. The molecule has 188 valence electrons. The zero-order chi connectivity index (χ0) is 25.7. The van der Waals surface area contributed by atoms with Crippen molar-refractivity contribution < 1.29 is 14.3 Å². The number of nitrogens with zero attached hydrogens (tertiary/aromatic N) is 3. The molecule has 0 spiro atoms. The third-order valence-corrected chi connectivity index (χ3v) is 6.82. The summed E-state index contributed by atoms with van der Waals surface area (Å²) in [5.74, 6) is 2.64. The van der Waals surface area contributed by atoms with Crippen molar-refractivity contribution in [2.24, 2.45) is 0 Å². The van der Waals surface area contributed by atoms with Crippen molar-refractivity contribution in [3.8, 4) is 21.9 Å². The van der Waals surface area contributed by atoms with E-state index in [1.54, 1.807) is 25.6 Å². The van der Waals surface area contributed by atoms with Crippen molar-refractivity contribution in [3.05, 3.63) is 64.8 Å². The van der Waals surface area contributed by atoms with E-state index in [1.807, 2.05) is 62.3 Å². The van der Waals surface area contributed by atoms with Crippen molar-refractivity contribution in [2.75, 3.05) is 46.7 Å². The number of methoxy groups -OCH3 is 2. The van der Waals surface area contributed by atoms with E-state index < -0.39 is 0 Å². The summed E-state index contributed by atoms with van der Waals surface area (Å²) < 4.78 is 10.9. The molecule has 4 rings (SSSR count). The van der Waals surface area contributed by atoms with Crippen LogP contribution in [0.3, 0.4) is 0 Å². The van der Waals surface area contributed by atoms with Crippen LogP contribution in [0, 0.1) is 6.92 Å². The summed E-state index contributed by atoms with van der Waals surface area (Å²) in [5, 5.41) is 7.27.